The monoisotopic (exact) mass is 358 g/mol. The quantitative estimate of drug-likeness (QED) is 0.746. The zero-order valence-electron chi connectivity index (χ0n) is 15.1. The summed E-state index contributed by atoms with van der Waals surface area (Å²) in [6.07, 6.45) is 2.51. The van der Waals surface area contributed by atoms with Gasteiger partial charge in [-0.2, -0.15) is 5.10 Å². The normalized spacial score (nSPS) is 15.0. The van der Waals surface area contributed by atoms with Gasteiger partial charge in [0, 0.05) is 30.3 Å². The molecule has 0 unspecified atom stereocenters. The van der Waals surface area contributed by atoms with E-state index in [1.807, 2.05) is 42.9 Å². The average molecular weight is 359 g/mol. The molecule has 0 bridgehead atoms. The minimum atomic E-state index is -0.0854. The molecule has 2 amide bonds. The first-order valence-electron chi connectivity index (χ1n) is 8.80. The minimum absolute atomic E-state index is 0.0854. The van der Waals surface area contributed by atoms with Crippen LogP contribution in [0.15, 0.2) is 41.3 Å². The molecule has 0 saturated heterocycles. The van der Waals surface area contributed by atoms with E-state index in [0.717, 1.165) is 17.3 Å². The molecule has 1 fully saturated rings. The Labute approximate surface area is 153 Å². The van der Waals surface area contributed by atoms with Gasteiger partial charge in [0.15, 0.2) is 0 Å². The van der Waals surface area contributed by atoms with E-state index < -0.39 is 0 Å². The van der Waals surface area contributed by atoms with E-state index in [4.69, 9.17) is 0 Å². The summed E-state index contributed by atoms with van der Waals surface area (Å²) in [5.41, 5.74) is 0.935. The van der Waals surface area contributed by atoms with Crippen molar-refractivity contribution in [2.24, 2.45) is 5.92 Å². The molecule has 1 aliphatic rings. The molecule has 1 aromatic heterocycles. The highest BCUT2D eigenvalue weighted by molar-refractivity contribution is 7.99. The van der Waals surface area contributed by atoms with Crippen LogP contribution in [0.5, 0.6) is 0 Å². The molecule has 6 heteroatoms. The first-order valence-corrected chi connectivity index (χ1v) is 9.79. The lowest BCUT2D eigenvalue weighted by Gasteiger charge is -2.20. The average Bonchev–Trinajstić information content (AvgIpc) is 3.39. The maximum atomic E-state index is 12.5. The van der Waals surface area contributed by atoms with E-state index in [0.29, 0.717) is 18.5 Å². The van der Waals surface area contributed by atoms with Crippen molar-refractivity contribution >= 4 is 23.6 Å². The van der Waals surface area contributed by atoms with Gasteiger partial charge in [0.2, 0.25) is 0 Å². The van der Waals surface area contributed by atoms with Crippen LogP contribution in [0, 0.1) is 12.8 Å². The number of carbonyl (C=O) groups excluding carboxylic acids is 1. The Bertz CT molecular complexity index is 711. The molecule has 0 spiro atoms. The number of hydrogen-bond donors (Lipinski definition) is 1. The fourth-order valence-electron chi connectivity index (χ4n) is 2.82. The van der Waals surface area contributed by atoms with Crippen molar-refractivity contribution in [1.82, 2.24) is 14.7 Å². The summed E-state index contributed by atoms with van der Waals surface area (Å²) in [4.78, 5) is 15.4. The van der Waals surface area contributed by atoms with Crippen LogP contribution in [0.2, 0.25) is 0 Å². The Hall–Kier alpha value is -1.95. The summed E-state index contributed by atoms with van der Waals surface area (Å²) in [5.74, 6) is 2.35. The maximum absolute atomic E-state index is 12.5. The first kappa shape index (κ1) is 17.9. The molecule has 134 valence electrons. The minimum Gasteiger partial charge on any atom is -0.327 e. The zero-order chi connectivity index (χ0) is 17.8. The number of benzene rings is 1. The van der Waals surface area contributed by atoms with Crippen molar-refractivity contribution in [3.63, 3.8) is 0 Å². The maximum Gasteiger partial charge on any atom is 0.322 e. The Morgan fingerprint density at radius 3 is 2.80 bits per heavy atom. The predicted octanol–water partition coefficient (Wildman–Crippen LogP) is 4.42. The Morgan fingerprint density at radius 2 is 2.12 bits per heavy atom. The molecule has 3 rings (SSSR count). The molecule has 1 atom stereocenters. The molecule has 1 N–H and O–H groups in total. The van der Waals surface area contributed by atoms with Gasteiger partial charge in [0.25, 0.3) is 0 Å². The lowest BCUT2D eigenvalue weighted by Crippen LogP contribution is -2.34. The van der Waals surface area contributed by atoms with Crippen LogP contribution in [0.3, 0.4) is 0 Å². The number of nitrogens with zero attached hydrogens (tertiary/aromatic N) is 3. The summed E-state index contributed by atoms with van der Waals surface area (Å²) < 4.78 is 1.97. The number of thioether (sulfide) groups is 1. The largest absolute Gasteiger partial charge is 0.327 e. The number of carbonyl (C=O) groups is 1. The molecular formula is C19H26N4OS. The summed E-state index contributed by atoms with van der Waals surface area (Å²) in [7, 11) is 1.83. The van der Waals surface area contributed by atoms with Crippen LogP contribution in [0.4, 0.5) is 10.6 Å². The molecule has 25 heavy (non-hydrogen) atoms. The Balaban J connectivity index is 1.53. The van der Waals surface area contributed by atoms with Crippen molar-refractivity contribution in [3.05, 3.63) is 42.1 Å². The highest BCUT2D eigenvalue weighted by atomic mass is 32.2. The summed E-state index contributed by atoms with van der Waals surface area (Å²) in [6, 6.07) is 12.4. The number of urea groups is 1. The second-order valence-electron chi connectivity index (χ2n) is 6.71. The molecule has 1 saturated carbocycles. The van der Waals surface area contributed by atoms with Crippen LogP contribution in [0.25, 0.3) is 0 Å². The van der Waals surface area contributed by atoms with Crippen LogP contribution in [-0.4, -0.2) is 40.1 Å². The zero-order valence-corrected chi connectivity index (χ0v) is 15.9. The van der Waals surface area contributed by atoms with Gasteiger partial charge in [-0.15, -0.1) is 11.8 Å². The van der Waals surface area contributed by atoms with Gasteiger partial charge in [-0.3, -0.25) is 5.32 Å². The third kappa shape index (κ3) is 4.78. The van der Waals surface area contributed by atoms with E-state index >= 15 is 0 Å². The summed E-state index contributed by atoms with van der Waals surface area (Å²) in [5, 5.41) is 7.59. The molecule has 5 nitrogen and oxygen atoms in total. The third-order valence-electron chi connectivity index (χ3n) is 4.57. The topological polar surface area (TPSA) is 50.2 Å². The highest BCUT2D eigenvalue weighted by Gasteiger charge is 2.31. The predicted molar refractivity (Wildman–Crippen MR) is 103 cm³/mol. The van der Waals surface area contributed by atoms with E-state index in [-0.39, 0.29) is 6.03 Å². The van der Waals surface area contributed by atoms with Gasteiger partial charge in [-0.1, -0.05) is 18.2 Å². The summed E-state index contributed by atoms with van der Waals surface area (Å²) in [6.45, 7) is 4.84. The standard InChI is InChI=1S/C19H26N4OS/c1-14-13-18(23(21-14)15(2)16-9-10-16)20-19(24)22(3)11-12-25-17-7-5-4-6-8-17/h4-8,13,15-16H,9-12H2,1-3H3,(H,20,24)/t15-/m0/s1. The van der Waals surface area contributed by atoms with Crippen LogP contribution < -0.4 is 5.32 Å². The highest BCUT2D eigenvalue weighted by Crippen LogP contribution is 2.40. The van der Waals surface area contributed by atoms with E-state index in [9.17, 15) is 4.79 Å². The van der Waals surface area contributed by atoms with Crippen molar-refractivity contribution in [1.29, 1.82) is 0 Å². The molecule has 1 heterocycles. The van der Waals surface area contributed by atoms with Crippen molar-refractivity contribution in [3.8, 4) is 0 Å². The molecule has 1 aliphatic carbocycles. The van der Waals surface area contributed by atoms with Gasteiger partial charge in [-0.25, -0.2) is 9.48 Å². The van der Waals surface area contributed by atoms with E-state index in [2.05, 4.69) is 29.5 Å². The molecule has 0 radical (unpaired) electrons. The van der Waals surface area contributed by atoms with Gasteiger partial charge < -0.3 is 4.90 Å². The lowest BCUT2D eigenvalue weighted by atomic mass is 10.2. The lowest BCUT2D eigenvalue weighted by molar-refractivity contribution is 0.224. The van der Waals surface area contributed by atoms with Gasteiger partial charge in [0.05, 0.1) is 11.7 Å². The number of aromatic nitrogens is 2. The van der Waals surface area contributed by atoms with Crippen LogP contribution in [0.1, 0.15) is 31.5 Å². The molecule has 0 aliphatic heterocycles. The molecule has 1 aromatic carbocycles. The third-order valence-corrected chi connectivity index (χ3v) is 5.56. The van der Waals surface area contributed by atoms with E-state index in [1.165, 1.54) is 17.7 Å². The van der Waals surface area contributed by atoms with Gasteiger partial charge in [0.1, 0.15) is 5.82 Å². The number of anilines is 1. The SMILES string of the molecule is Cc1cc(NC(=O)N(C)CCSc2ccccc2)n([C@@H](C)C2CC2)n1. The van der Waals surface area contributed by atoms with Crippen molar-refractivity contribution < 1.29 is 4.79 Å². The Kier molecular flexibility index (Phi) is 5.68. The van der Waals surface area contributed by atoms with Gasteiger partial charge >= 0.3 is 6.03 Å². The van der Waals surface area contributed by atoms with E-state index in [1.54, 1.807) is 16.7 Å². The molecular weight excluding hydrogens is 332 g/mol. The smallest absolute Gasteiger partial charge is 0.322 e. The molecule has 2 aromatic rings. The number of amides is 2. The van der Waals surface area contributed by atoms with Crippen molar-refractivity contribution in [2.75, 3.05) is 24.7 Å². The number of rotatable bonds is 7. The fraction of sp³-hybridized carbons (Fsp3) is 0.474. The van der Waals surface area contributed by atoms with Crippen LogP contribution >= 0.6 is 11.8 Å². The Morgan fingerprint density at radius 1 is 1.40 bits per heavy atom. The van der Waals surface area contributed by atoms with Crippen molar-refractivity contribution in [2.45, 2.75) is 37.6 Å². The first-order chi connectivity index (χ1) is 12.0. The van der Waals surface area contributed by atoms with Crippen LogP contribution in [-0.2, 0) is 0 Å². The summed E-state index contributed by atoms with van der Waals surface area (Å²) >= 11 is 1.76. The second kappa shape index (κ2) is 7.95. The van der Waals surface area contributed by atoms with Gasteiger partial charge in [-0.05, 0) is 44.7 Å². The number of hydrogen-bond acceptors (Lipinski definition) is 3. The fourth-order valence-corrected chi connectivity index (χ4v) is 3.77. The number of nitrogens with one attached hydrogen (secondary N) is 1. The second-order valence-corrected chi connectivity index (χ2v) is 7.88. The number of aryl methyl sites for hydroxylation is 1.